The van der Waals surface area contributed by atoms with E-state index in [-0.39, 0.29) is 35.6 Å². The van der Waals surface area contributed by atoms with Crippen LogP contribution in [0.4, 0.5) is 20.2 Å². The number of phenols is 1. The minimum absolute atomic E-state index is 0.0750. The average Bonchev–Trinajstić information content (AvgIpc) is 3.53. The first-order valence-electron chi connectivity index (χ1n) is 21.0. The van der Waals surface area contributed by atoms with Gasteiger partial charge in [-0.05, 0) is 115 Å². The molecule has 296 valence electrons. The molecular weight excluding hydrogens is 713 g/mol. The first kappa shape index (κ1) is 37.1. The van der Waals surface area contributed by atoms with Crippen molar-refractivity contribution in [2.24, 2.45) is 17.8 Å². The monoisotopic (exact) mass is 765 g/mol. The number of fused-ring (bicyclic) bond motifs is 2. The molecule has 0 bridgehead atoms. The number of piperazine rings is 1. The molecule has 4 fully saturated rings. The predicted octanol–water partition coefficient (Wildman–Crippen LogP) is 6.74. The number of aryl methyl sites for hydroxylation is 1. The zero-order chi connectivity index (χ0) is 38.5. The fourth-order valence-corrected chi connectivity index (χ4v) is 11.0. The molecule has 2 N–H and O–H groups in total. The molecule has 9 nitrogen and oxygen atoms in total. The maximum atomic E-state index is 16.2. The van der Waals surface area contributed by atoms with Gasteiger partial charge in [-0.1, -0.05) is 38.2 Å². The lowest BCUT2D eigenvalue weighted by atomic mass is 9.64. The third-order valence-corrected chi connectivity index (χ3v) is 14.0. The Kier molecular flexibility index (Phi) is 10.2. The van der Waals surface area contributed by atoms with Gasteiger partial charge in [0.1, 0.15) is 29.1 Å². The van der Waals surface area contributed by atoms with E-state index in [9.17, 15) is 19.5 Å². The maximum Gasteiger partial charge on any atom is 0.255 e. The van der Waals surface area contributed by atoms with Gasteiger partial charge in [0.25, 0.3) is 5.91 Å². The molecule has 3 amide bonds. The van der Waals surface area contributed by atoms with Crippen molar-refractivity contribution < 1.29 is 28.3 Å². The molecular formula is C45H53F2N5O4. The summed E-state index contributed by atoms with van der Waals surface area (Å²) in [5.74, 6) is -0.268. The van der Waals surface area contributed by atoms with E-state index in [0.29, 0.717) is 49.4 Å². The number of anilines is 2. The van der Waals surface area contributed by atoms with Gasteiger partial charge in [-0.2, -0.15) is 0 Å². The number of nitrogens with zero attached hydrogens (tertiary/aromatic N) is 4. The molecule has 3 aromatic carbocycles. The summed E-state index contributed by atoms with van der Waals surface area (Å²) in [7, 11) is 0. The molecule has 4 heterocycles. The quantitative estimate of drug-likeness (QED) is 0.257. The minimum Gasteiger partial charge on any atom is -0.508 e. The van der Waals surface area contributed by atoms with Gasteiger partial charge < -0.3 is 19.8 Å². The van der Waals surface area contributed by atoms with Gasteiger partial charge in [-0.25, -0.2) is 8.78 Å². The Labute approximate surface area is 328 Å². The van der Waals surface area contributed by atoms with E-state index in [1.165, 1.54) is 32.1 Å². The molecule has 0 unspecified atom stereocenters. The highest BCUT2D eigenvalue weighted by atomic mass is 19.1. The van der Waals surface area contributed by atoms with E-state index in [0.717, 1.165) is 86.3 Å². The van der Waals surface area contributed by atoms with Crippen LogP contribution in [0, 0.1) is 29.4 Å². The summed E-state index contributed by atoms with van der Waals surface area (Å²) in [5.41, 5.74) is 5.64. The second kappa shape index (κ2) is 15.4. The van der Waals surface area contributed by atoms with Crippen molar-refractivity contribution in [1.29, 1.82) is 0 Å². The van der Waals surface area contributed by atoms with Crippen molar-refractivity contribution in [3.63, 3.8) is 0 Å². The number of carbonyl (C=O) groups is 3. The Balaban J connectivity index is 0.802. The highest BCUT2D eigenvalue weighted by Crippen LogP contribution is 2.49. The van der Waals surface area contributed by atoms with Crippen LogP contribution < -0.4 is 15.1 Å². The molecule has 1 saturated carbocycles. The number of rotatable bonds is 7. The van der Waals surface area contributed by atoms with Gasteiger partial charge in [0.15, 0.2) is 0 Å². The van der Waals surface area contributed by atoms with Gasteiger partial charge in [0, 0.05) is 75.9 Å². The van der Waals surface area contributed by atoms with Crippen LogP contribution in [0.5, 0.6) is 5.75 Å². The Morgan fingerprint density at radius 3 is 2.21 bits per heavy atom. The Hall–Kier alpha value is -4.51. The summed E-state index contributed by atoms with van der Waals surface area (Å²) in [5, 5.41) is 12.6. The molecule has 2 aliphatic carbocycles. The van der Waals surface area contributed by atoms with Crippen molar-refractivity contribution >= 4 is 29.1 Å². The largest absolute Gasteiger partial charge is 0.508 e. The zero-order valence-electron chi connectivity index (χ0n) is 32.2. The number of benzene rings is 3. The normalized spacial score (nSPS) is 25.4. The predicted molar refractivity (Wildman–Crippen MR) is 211 cm³/mol. The number of hydrogen-bond acceptors (Lipinski definition) is 7. The van der Waals surface area contributed by atoms with Crippen LogP contribution in [0.15, 0.2) is 48.5 Å². The second-order valence-electron chi connectivity index (χ2n) is 17.3. The van der Waals surface area contributed by atoms with Crippen LogP contribution in [-0.4, -0.2) is 84.5 Å². The summed E-state index contributed by atoms with van der Waals surface area (Å²) in [6.45, 7) is 6.12. The Bertz CT molecular complexity index is 1980. The van der Waals surface area contributed by atoms with E-state index in [2.05, 4.69) is 21.2 Å². The number of hydrogen-bond donors (Lipinski definition) is 2. The summed E-state index contributed by atoms with van der Waals surface area (Å²) in [6, 6.07) is 14.1. The molecule has 56 heavy (non-hydrogen) atoms. The highest BCUT2D eigenvalue weighted by Gasteiger charge is 2.40. The van der Waals surface area contributed by atoms with Crippen LogP contribution in [-0.2, 0) is 22.6 Å². The van der Waals surface area contributed by atoms with Gasteiger partial charge >= 0.3 is 0 Å². The summed E-state index contributed by atoms with van der Waals surface area (Å²) in [6.07, 6.45) is 10.3. The molecule has 9 rings (SSSR count). The maximum absolute atomic E-state index is 16.2. The number of carbonyl (C=O) groups excluding carboxylic acids is 3. The zero-order valence-corrected chi connectivity index (χ0v) is 32.2. The first-order valence-corrected chi connectivity index (χ1v) is 21.0. The van der Waals surface area contributed by atoms with Crippen LogP contribution in [0.1, 0.15) is 103 Å². The van der Waals surface area contributed by atoms with E-state index < -0.39 is 23.6 Å². The minimum atomic E-state index is -0.619. The van der Waals surface area contributed by atoms with E-state index in [1.54, 1.807) is 23.1 Å². The number of halogens is 2. The lowest BCUT2D eigenvalue weighted by Gasteiger charge is -2.41. The summed E-state index contributed by atoms with van der Waals surface area (Å²) >= 11 is 0. The molecule has 11 heteroatoms. The number of imide groups is 1. The van der Waals surface area contributed by atoms with Crippen LogP contribution in [0.25, 0.3) is 0 Å². The van der Waals surface area contributed by atoms with E-state index >= 15 is 8.78 Å². The van der Waals surface area contributed by atoms with Gasteiger partial charge in [-0.15, -0.1) is 0 Å². The van der Waals surface area contributed by atoms with Crippen molar-refractivity contribution in [1.82, 2.24) is 15.1 Å². The third-order valence-electron chi connectivity index (χ3n) is 14.0. The van der Waals surface area contributed by atoms with E-state index in [4.69, 9.17) is 0 Å². The molecule has 3 saturated heterocycles. The smallest absolute Gasteiger partial charge is 0.255 e. The number of phenolic OH excluding ortho intramolecular Hbond substituents is 1. The highest BCUT2D eigenvalue weighted by molar-refractivity contribution is 6.05. The molecule has 4 aliphatic heterocycles. The lowest BCUT2D eigenvalue weighted by Crippen LogP contribution is -2.52. The molecule has 3 atom stereocenters. The van der Waals surface area contributed by atoms with Gasteiger partial charge in [0.2, 0.25) is 11.8 Å². The van der Waals surface area contributed by atoms with Crippen molar-refractivity contribution in [3.05, 3.63) is 88.0 Å². The van der Waals surface area contributed by atoms with Crippen molar-refractivity contribution in [3.8, 4) is 5.75 Å². The number of piperidine rings is 2. The topological polar surface area (TPSA) is 96.4 Å². The number of aromatic hydroxyl groups is 1. The van der Waals surface area contributed by atoms with E-state index in [1.807, 2.05) is 29.2 Å². The molecule has 6 aliphatic rings. The molecule has 3 aromatic rings. The first-order chi connectivity index (χ1) is 27.2. The SMILES string of the molecule is O=C1CC[C@@H](N2Cc3cc(N4CCN(CC5CCN(c6c(F)cc([C@@H]7c8ccc(O)cc8CC[C@@H]7C7CCCCC7)cc6F)CC5)CC4)ccc3C2=O)C(=O)N1. The Morgan fingerprint density at radius 1 is 0.732 bits per heavy atom. The van der Waals surface area contributed by atoms with Crippen molar-refractivity contribution in [2.45, 2.75) is 89.1 Å². The standard InChI is InChI=1S/C45H53F2N5O4/c46-38-24-31(42-35(29-4-2-1-3-5-29)9-6-30-23-34(53)8-11-36(30)42)25-39(47)43(38)51-16-14-28(15-17-51)26-49-18-20-50(21-19-49)33-7-10-37-32(22-33)27-52(45(37)56)40-12-13-41(54)48-44(40)55/h7-8,10-11,22-25,28-29,35,40,42,53H,1-6,9,12-21,26-27H2,(H,48,54,55)/t35-,40-,42+/m1/s1. The number of amides is 3. The lowest BCUT2D eigenvalue weighted by molar-refractivity contribution is -0.136. The van der Waals surface area contributed by atoms with Gasteiger partial charge in [-0.3, -0.25) is 24.6 Å². The van der Waals surface area contributed by atoms with Crippen LogP contribution in [0.2, 0.25) is 0 Å². The van der Waals surface area contributed by atoms with Crippen LogP contribution in [0.3, 0.4) is 0 Å². The fraction of sp³-hybridized carbons (Fsp3) is 0.533. The van der Waals surface area contributed by atoms with Crippen LogP contribution >= 0.6 is 0 Å². The van der Waals surface area contributed by atoms with Crippen molar-refractivity contribution in [2.75, 3.05) is 55.6 Å². The summed E-state index contributed by atoms with van der Waals surface area (Å²) in [4.78, 5) is 45.6. The molecule has 0 spiro atoms. The number of nitrogens with one attached hydrogen (secondary N) is 1. The van der Waals surface area contributed by atoms with Gasteiger partial charge in [0.05, 0.1) is 0 Å². The molecule has 0 radical (unpaired) electrons. The fourth-order valence-electron chi connectivity index (χ4n) is 11.0. The molecule has 0 aromatic heterocycles. The Morgan fingerprint density at radius 2 is 1.48 bits per heavy atom. The third kappa shape index (κ3) is 7.16. The average molecular weight is 766 g/mol. The summed E-state index contributed by atoms with van der Waals surface area (Å²) < 4.78 is 32.3. The second-order valence-corrected chi connectivity index (χ2v) is 17.3.